The Bertz CT molecular complexity index is 756. The van der Waals surface area contributed by atoms with Crippen molar-refractivity contribution < 1.29 is 32.3 Å². The maximum atomic E-state index is 13.1. The average Bonchev–Trinajstić information content (AvgIpc) is 2.71. The Morgan fingerprint density at radius 2 is 1.94 bits per heavy atom. The quantitative estimate of drug-likeness (QED) is 0.351. The number of hydrogen-bond acceptors (Lipinski definition) is 6. The minimum Gasteiger partial charge on any atom is -0.460 e. The summed E-state index contributed by atoms with van der Waals surface area (Å²) >= 11 is 0. The van der Waals surface area contributed by atoms with Crippen LogP contribution in [0.4, 0.5) is 13.2 Å². The Balaban J connectivity index is 2.09. The molecule has 7 nitrogen and oxygen atoms in total. The normalized spacial score (nSPS) is 20.2. The minimum atomic E-state index is -5.06. The van der Waals surface area contributed by atoms with Crippen molar-refractivity contribution >= 4 is 18.1 Å². The monoisotopic (exact) mass is 443 g/mol. The first kappa shape index (κ1) is 24.8. The number of benzene rings is 1. The molecule has 0 spiro atoms. The Hall–Kier alpha value is -2.46. The van der Waals surface area contributed by atoms with Gasteiger partial charge in [0.25, 0.3) is 0 Å². The second kappa shape index (κ2) is 11.2. The van der Waals surface area contributed by atoms with Crippen molar-refractivity contribution in [2.45, 2.75) is 57.7 Å². The van der Waals surface area contributed by atoms with Gasteiger partial charge in [-0.1, -0.05) is 30.3 Å². The van der Waals surface area contributed by atoms with Gasteiger partial charge in [0.05, 0.1) is 18.7 Å². The van der Waals surface area contributed by atoms with Crippen LogP contribution in [-0.4, -0.2) is 72.6 Å². The number of rotatable bonds is 8. The number of esters is 1. The van der Waals surface area contributed by atoms with Crippen LogP contribution in [0.1, 0.15) is 32.3 Å². The molecule has 0 saturated carbocycles. The zero-order chi connectivity index (χ0) is 23.0. The molecule has 1 amide bonds. The summed E-state index contributed by atoms with van der Waals surface area (Å²) in [6.07, 6.45) is -3.35. The zero-order valence-corrected chi connectivity index (χ0v) is 17.8. The first-order chi connectivity index (χ1) is 14.6. The van der Waals surface area contributed by atoms with E-state index in [1.807, 2.05) is 30.3 Å². The molecule has 1 heterocycles. The van der Waals surface area contributed by atoms with Crippen molar-refractivity contribution in [1.82, 2.24) is 9.96 Å². The van der Waals surface area contributed by atoms with Gasteiger partial charge in [-0.3, -0.25) is 24.3 Å². The molecule has 1 aliphatic rings. The summed E-state index contributed by atoms with van der Waals surface area (Å²) in [5, 5.41) is 0.409. The van der Waals surface area contributed by atoms with Gasteiger partial charge in [-0.15, -0.1) is 0 Å². The predicted molar refractivity (Wildman–Crippen MR) is 108 cm³/mol. The standard InChI is InChI=1S/C21H28F3N3O4/c1-15(2)31-27(20(29)21(22,23)24)18-10-9-17(11-25-3)26(12-18)13-19(28)30-14-16-7-5-4-6-8-16/h4-8,11,15,17-18H,9-10,12-14H2,1-3H3. The Morgan fingerprint density at radius 1 is 1.26 bits per heavy atom. The number of nitrogens with zero attached hydrogens (tertiary/aromatic N) is 3. The molecule has 31 heavy (non-hydrogen) atoms. The summed E-state index contributed by atoms with van der Waals surface area (Å²) < 4.78 is 44.6. The maximum Gasteiger partial charge on any atom is 0.473 e. The van der Waals surface area contributed by atoms with Gasteiger partial charge < -0.3 is 4.74 Å². The minimum absolute atomic E-state index is 0.0195. The molecule has 0 radical (unpaired) electrons. The molecule has 1 aliphatic heterocycles. The Kier molecular flexibility index (Phi) is 9.00. The van der Waals surface area contributed by atoms with Crippen LogP contribution >= 0.6 is 0 Å². The fourth-order valence-corrected chi connectivity index (χ4v) is 3.36. The first-order valence-electron chi connectivity index (χ1n) is 10.0. The smallest absolute Gasteiger partial charge is 0.460 e. The van der Waals surface area contributed by atoms with E-state index in [2.05, 4.69) is 4.99 Å². The number of halogens is 3. The lowest BCUT2D eigenvalue weighted by molar-refractivity contribution is -0.254. The van der Waals surface area contributed by atoms with E-state index >= 15 is 0 Å². The second-order valence-corrected chi connectivity index (χ2v) is 7.56. The lowest BCUT2D eigenvalue weighted by atomic mass is 9.98. The highest BCUT2D eigenvalue weighted by Crippen LogP contribution is 2.27. The highest BCUT2D eigenvalue weighted by atomic mass is 19.4. The molecule has 1 fully saturated rings. The van der Waals surface area contributed by atoms with Crippen molar-refractivity contribution in [1.29, 1.82) is 0 Å². The third-order valence-corrected chi connectivity index (χ3v) is 4.70. The van der Waals surface area contributed by atoms with Gasteiger partial charge in [0.15, 0.2) is 0 Å². The second-order valence-electron chi connectivity index (χ2n) is 7.56. The van der Waals surface area contributed by atoms with Crippen LogP contribution in [0.5, 0.6) is 0 Å². The molecule has 0 aliphatic carbocycles. The van der Waals surface area contributed by atoms with E-state index in [-0.39, 0.29) is 32.2 Å². The van der Waals surface area contributed by atoms with Crippen molar-refractivity contribution in [2.75, 3.05) is 20.1 Å². The van der Waals surface area contributed by atoms with E-state index in [0.29, 0.717) is 11.5 Å². The van der Waals surface area contributed by atoms with Gasteiger partial charge >= 0.3 is 18.1 Å². The predicted octanol–water partition coefficient (Wildman–Crippen LogP) is 2.99. The molecule has 10 heteroatoms. The molecule has 0 N–H and O–H groups in total. The molecule has 2 rings (SSSR count). The van der Waals surface area contributed by atoms with Crippen LogP contribution in [0, 0.1) is 0 Å². The lowest BCUT2D eigenvalue weighted by Gasteiger charge is -2.41. The molecule has 1 aromatic carbocycles. The number of ether oxygens (including phenoxy) is 1. The van der Waals surface area contributed by atoms with Crippen LogP contribution in [0.3, 0.4) is 0 Å². The van der Waals surface area contributed by atoms with E-state index in [1.165, 1.54) is 0 Å². The van der Waals surface area contributed by atoms with Crippen LogP contribution in [-0.2, 0) is 25.8 Å². The Labute approximate surface area is 179 Å². The molecule has 0 bridgehead atoms. The number of aliphatic imine (C=N–C) groups is 1. The number of alkyl halides is 3. The van der Waals surface area contributed by atoms with Crippen LogP contribution in [0.15, 0.2) is 35.3 Å². The fraction of sp³-hybridized carbons (Fsp3) is 0.571. The maximum absolute atomic E-state index is 13.1. The van der Waals surface area contributed by atoms with Gasteiger partial charge in [0.1, 0.15) is 6.61 Å². The van der Waals surface area contributed by atoms with Crippen LogP contribution in [0.2, 0.25) is 0 Å². The molecule has 2 atom stereocenters. The number of carbonyl (C=O) groups is 2. The van der Waals surface area contributed by atoms with E-state index in [9.17, 15) is 22.8 Å². The number of piperidine rings is 1. The molecular formula is C21H28F3N3O4. The summed E-state index contributed by atoms with van der Waals surface area (Å²) in [7, 11) is 1.58. The third kappa shape index (κ3) is 7.62. The van der Waals surface area contributed by atoms with E-state index in [4.69, 9.17) is 9.57 Å². The van der Waals surface area contributed by atoms with Crippen molar-refractivity contribution in [3.8, 4) is 0 Å². The SMILES string of the molecule is CN=CC1CCC(N(OC(C)C)C(=O)C(F)(F)F)CN1CC(=O)OCc1ccccc1. The van der Waals surface area contributed by atoms with Crippen molar-refractivity contribution in [3.63, 3.8) is 0 Å². The average molecular weight is 443 g/mol. The van der Waals surface area contributed by atoms with Crippen LogP contribution < -0.4 is 0 Å². The van der Waals surface area contributed by atoms with Gasteiger partial charge in [-0.2, -0.15) is 13.2 Å². The number of carbonyl (C=O) groups excluding carboxylic acids is 2. The van der Waals surface area contributed by atoms with Crippen LogP contribution in [0.25, 0.3) is 0 Å². The van der Waals surface area contributed by atoms with Crippen molar-refractivity contribution in [2.24, 2.45) is 4.99 Å². The topological polar surface area (TPSA) is 71.4 Å². The Morgan fingerprint density at radius 3 is 2.52 bits per heavy atom. The molecule has 172 valence electrons. The van der Waals surface area contributed by atoms with E-state index in [0.717, 1.165) is 5.56 Å². The fourth-order valence-electron chi connectivity index (χ4n) is 3.36. The van der Waals surface area contributed by atoms with E-state index < -0.39 is 30.2 Å². The summed E-state index contributed by atoms with van der Waals surface area (Å²) in [5.41, 5.74) is 0.825. The molecule has 1 aromatic rings. The summed E-state index contributed by atoms with van der Waals surface area (Å²) in [6.45, 7) is 3.06. The largest absolute Gasteiger partial charge is 0.473 e. The van der Waals surface area contributed by atoms with Gasteiger partial charge in [-0.25, -0.2) is 5.06 Å². The molecule has 0 aromatic heterocycles. The van der Waals surface area contributed by atoms with Gasteiger partial charge in [-0.05, 0) is 32.3 Å². The first-order valence-corrected chi connectivity index (χ1v) is 10.0. The zero-order valence-electron chi connectivity index (χ0n) is 17.8. The summed E-state index contributed by atoms with van der Waals surface area (Å²) in [5.74, 6) is -2.57. The molecular weight excluding hydrogens is 415 g/mol. The number of hydrogen-bond donors (Lipinski definition) is 0. The van der Waals surface area contributed by atoms with Crippen molar-refractivity contribution in [3.05, 3.63) is 35.9 Å². The summed E-state index contributed by atoms with van der Waals surface area (Å²) in [6, 6.07) is 8.02. The number of hydroxylamine groups is 2. The number of likely N-dealkylation sites (tertiary alicyclic amines) is 1. The number of amides is 1. The highest BCUT2D eigenvalue weighted by Gasteiger charge is 2.47. The lowest BCUT2D eigenvalue weighted by Crippen LogP contribution is -2.57. The summed E-state index contributed by atoms with van der Waals surface area (Å²) in [4.78, 5) is 35.2. The molecule has 1 saturated heterocycles. The molecule has 2 unspecified atom stereocenters. The van der Waals surface area contributed by atoms with Gasteiger partial charge in [0, 0.05) is 25.8 Å². The van der Waals surface area contributed by atoms with E-state index in [1.54, 1.807) is 32.0 Å². The highest BCUT2D eigenvalue weighted by molar-refractivity contribution is 5.81. The third-order valence-electron chi connectivity index (χ3n) is 4.70. The van der Waals surface area contributed by atoms with Gasteiger partial charge in [0.2, 0.25) is 0 Å².